The number of hydrogen-bond donors (Lipinski definition) is 1. The highest BCUT2D eigenvalue weighted by atomic mass is 16.5. The van der Waals surface area contributed by atoms with Gasteiger partial charge in [-0.05, 0) is 66.0 Å². The fraction of sp³-hybridized carbons (Fsp3) is 0.789. The summed E-state index contributed by atoms with van der Waals surface area (Å²) in [7, 11) is 0. The van der Waals surface area contributed by atoms with E-state index in [0.29, 0.717) is 6.04 Å². The minimum Gasteiger partial charge on any atom is -0.361 e. The number of rotatable bonds is 4. The standard InChI is InChI=1S/C19H32N4O2/c1-14(12-18-15(2)21-25-16(18)3)20-19(24)23-11-5-4-8-17(13-23)22-9-6-7-10-22/h14,17H,4-13H2,1-3H3,(H,20,24). The quantitative estimate of drug-likeness (QED) is 0.909. The monoisotopic (exact) mass is 348 g/mol. The van der Waals surface area contributed by atoms with Crippen molar-refractivity contribution in [2.24, 2.45) is 0 Å². The molecule has 1 aromatic rings. The highest BCUT2D eigenvalue weighted by Gasteiger charge is 2.28. The van der Waals surface area contributed by atoms with Crippen LogP contribution in [0.3, 0.4) is 0 Å². The van der Waals surface area contributed by atoms with Gasteiger partial charge in [0.15, 0.2) is 0 Å². The first-order valence-electron chi connectivity index (χ1n) is 9.76. The Labute approximate surface area is 150 Å². The first-order chi connectivity index (χ1) is 12.0. The van der Waals surface area contributed by atoms with Crippen LogP contribution in [-0.2, 0) is 6.42 Å². The number of hydrogen-bond acceptors (Lipinski definition) is 4. The van der Waals surface area contributed by atoms with Gasteiger partial charge in [0.25, 0.3) is 0 Å². The molecule has 6 heteroatoms. The van der Waals surface area contributed by atoms with Crippen molar-refractivity contribution in [2.45, 2.75) is 71.4 Å². The van der Waals surface area contributed by atoms with Gasteiger partial charge >= 0.3 is 6.03 Å². The molecule has 3 heterocycles. The molecule has 3 rings (SSSR count). The maximum absolute atomic E-state index is 12.8. The van der Waals surface area contributed by atoms with E-state index in [2.05, 4.69) is 22.3 Å². The van der Waals surface area contributed by atoms with Gasteiger partial charge in [-0.3, -0.25) is 4.90 Å². The number of likely N-dealkylation sites (tertiary alicyclic amines) is 2. The Balaban J connectivity index is 1.55. The van der Waals surface area contributed by atoms with Gasteiger partial charge in [0.2, 0.25) is 0 Å². The lowest BCUT2D eigenvalue weighted by Gasteiger charge is -2.31. The van der Waals surface area contributed by atoms with Crippen molar-refractivity contribution >= 4 is 6.03 Å². The summed E-state index contributed by atoms with van der Waals surface area (Å²) in [6.07, 6.45) is 6.92. The zero-order valence-corrected chi connectivity index (χ0v) is 15.9. The van der Waals surface area contributed by atoms with Crippen LogP contribution < -0.4 is 5.32 Å². The molecule has 2 amide bonds. The average molecular weight is 348 g/mol. The summed E-state index contributed by atoms with van der Waals surface area (Å²) in [5, 5.41) is 7.18. The minimum absolute atomic E-state index is 0.0674. The Morgan fingerprint density at radius 3 is 2.64 bits per heavy atom. The summed E-state index contributed by atoms with van der Waals surface area (Å²) in [6.45, 7) is 10.1. The van der Waals surface area contributed by atoms with Gasteiger partial charge < -0.3 is 14.7 Å². The van der Waals surface area contributed by atoms with Gasteiger partial charge in [-0.15, -0.1) is 0 Å². The van der Waals surface area contributed by atoms with Crippen LogP contribution in [-0.4, -0.2) is 59.3 Å². The summed E-state index contributed by atoms with van der Waals surface area (Å²) in [5.41, 5.74) is 2.03. The second-order valence-electron chi connectivity index (χ2n) is 7.70. The Morgan fingerprint density at radius 2 is 1.96 bits per heavy atom. The molecule has 2 aliphatic rings. The Bertz CT molecular complexity index is 560. The molecule has 1 aromatic heterocycles. The lowest BCUT2D eigenvalue weighted by molar-refractivity contribution is 0.164. The Morgan fingerprint density at radius 1 is 1.24 bits per heavy atom. The van der Waals surface area contributed by atoms with Gasteiger partial charge in [-0.2, -0.15) is 0 Å². The molecular formula is C19H32N4O2. The van der Waals surface area contributed by atoms with Gasteiger partial charge in [-0.1, -0.05) is 11.6 Å². The summed E-state index contributed by atoms with van der Waals surface area (Å²) < 4.78 is 5.23. The van der Waals surface area contributed by atoms with E-state index in [1.165, 1.54) is 38.8 Å². The van der Waals surface area contributed by atoms with E-state index < -0.39 is 0 Å². The predicted octanol–water partition coefficient (Wildman–Crippen LogP) is 2.88. The fourth-order valence-corrected chi connectivity index (χ4v) is 4.16. The second-order valence-corrected chi connectivity index (χ2v) is 7.70. The topological polar surface area (TPSA) is 61.6 Å². The molecule has 0 saturated carbocycles. The highest BCUT2D eigenvalue weighted by Crippen LogP contribution is 2.21. The number of nitrogens with one attached hydrogen (secondary N) is 1. The van der Waals surface area contributed by atoms with Crippen LogP contribution in [0.2, 0.25) is 0 Å². The van der Waals surface area contributed by atoms with Crippen LogP contribution in [0.25, 0.3) is 0 Å². The number of nitrogens with zero attached hydrogens (tertiary/aromatic N) is 3. The fourth-order valence-electron chi connectivity index (χ4n) is 4.16. The van der Waals surface area contributed by atoms with Gasteiger partial charge in [0.05, 0.1) is 5.69 Å². The summed E-state index contributed by atoms with van der Waals surface area (Å²) >= 11 is 0. The van der Waals surface area contributed by atoms with Crippen molar-refractivity contribution in [2.75, 3.05) is 26.2 Å². The van der Waals surface area contributed by atoms with Gasteiger partial charge in [0.1, 0.15) is 5.76 Å². The van der Waals surface area contributed by atoms with Gasteiger partial charge in [-0.25, -0.2) is 4.79 Å². The van der Waals surface area contributed by atoms with E-state index in [-0.39, 0.29) is 12.1 Å². The molecule has 25 heavy (non-hydrogen) atoms. The molecule has 0 bridgehead atoms. The van der Waals surface area contributed by atoms with Crippen molar-refractivity contribution in [3.63, 3.8) is 0 Å². The lowest BCUT2D eigenvalue weighted by Crippen LogP contribution is -2.49. The van der Waals surface area contributed by atoms with E-state index >= 15 is 0 Å². The molecule has 2 saturated heterocycles. The van der Waals surface area contributed by atoms with Crippen LogP contribution >= 0.6 is 0 Å². The minimum atomic E-state index is 0.0674. The van der Waals surface area contributed by atoms with E-state index in [1.807, 2.05) is 18.7 Å². The molecular weight excluding hydrogens is 316 g/mol. The largest absolute Gasteiger partial charge is 0.361 e. The van der Waals surface area contributed by atoms with E-state index in [9.17, 15) is 4.79 Å². The number of aryl methyl sites for hydroxylation is 2. The zero-order chi connectivity index (χ0) is 17.8. The molecule has 2 fully saturated rings. The van der Waals surface area contributed by atoms with Crippen LogP contribution in [0.4, 0.5) is 4.79 Å². The molecule has 2 atom stereocenters. The summed E-state index contributed by atoms with van der Waals surface area (Å²) in [4.78, 5) is 17.4. The van der Waals surface area contributed by atoms with E-state index in [4.69, 9.17) is 4.52 Å². The molecule has 2 aliphatic heterocycles. The third-order valence-electron chi connectivity index (χ3n) is 5.65. The van der Waals surface area contributed by atoms with Crippen LogP contribution in [0, 0.1) is 13.8 Å². The van der Waals surface area contributed by atoms with Crippen molar-refractivity contribution < 1.29 is 9.32 Å². The lowest BCUT2D eigenvalue weighted by atomic mass is 10.1. The normalized spacial score (nSPS) is 23.5. The number of carbonyl (C=O) groups is 1. The maximum atomic E-state index is 12.8. The second kappa shape index (κ2) is 8.21. The van der Waals surface area contributed by atoms with Crippen LogP contribution in [0.5, 0.6) is 0 Å². The molecule has 1 N–H and O–H groups in total. The predicted molar refractivity (Wildman–Crippen MR) is 97.7 cm³/mol. The molecule has 2 unspecified atom stereocenters. The van der Waals surface area contributed by atoms with Crippen molar-refractivity contribution in [3.05, 3.63) is 17.0 Å². The third kappa shape index (κ3) is 4.54. The highest BCUT2D eigenvalue weighted by molar-refractivity contribution is 5.74. The summed E-state index contributed by atoms with van der Waals surface area (Å²) in [6, 6.07) is 0.678. The first-order valence-corrected chi connectivity index (χ1v) is 9.76. The van der Waals surface area contributed by atoms with Crippen molar-refractivity contribution in [1.82, 2.24) is 20.3 Å². The molecule has 6 nitrogen and oxygen atoms in total. The van der Waals surface area contributed by atoms with Crippen molar-refractivity contribution in [1.29, 1.82) is 0 Å². The first kappa shape index (κ1) is 18.2. The molecule has 0 aromatic carbocycles. The molecule has 0 aliphatic carbocycles. The zero-order valence-electron chi connectivity index (χ0n) is 15.9. The smallest absolute Gasteiger partial charge is 0.317 e. The number of amides is 2. The molecule has 0 spiro atoms. The SMILES string of the molecule is Cc1noc(C)c1CC(C)NC(=O)N1CCCCC(N2CCCC2)C1. The summed E-state index contributed by atoms with van der Waals surface area (Å²) in [5.74, 6) is 0.850. The van der Waals surface area contributed by atoms with E-state index in [1.54, 1.807) is 0 Å². The van der Waals surface area contributed by atoms with Crippen LogP contribution in [0.1, 0.15) is 56.0 Å². The van der Waals surface area contributed by atoms with Crippen molar-refractivity contribution in [3.8, 4) is 0 Å². The molecule has 140 valence electrons. The molecule has 0 radical (unpaired) electrons. The Kier molecular flexibility index (Phi) is 5.99. The van der Waals surface area contributed by atoms with Crippen LogP contribution in [0.15, 0.2) is 4.52 Å². The number of urea groups is 1. The van der Waals surface area contributed by atoms with E-state index in [0.717, 1.165) is 42.9 Å². The Hall–Kier alpha value is -1.56. The number of aromatic nitrogens is 1. The van der Waals surface area contributed by atoms with Gasteiger partial charge in [0, 0.05) is 30.7 Å². The average Bonchev–Trinajstić information content (AvgIpc) is 3.14. The third-order valence-corrected chi connectivity index (χ3v) is 5.65. The number of carbonyl (C=O) groups excluding carboxylic acids is 1. The maximum Gasteiger partial charge on any atom is 0.317 e.